The van der Waals surface area contributed by atoms with E-state index in [0.29, 0.717) is 11.8 Å². The normalized spacial score (nSPS) is 19.3. The first kappa shape index (κ1) is 18.1. The van der Waals surface area contributed by atoms with Crippen molar-refractivity contribution in [2.24, 2.45) is 11.5 Å². The van der Waals surface area contributed by atoms with E-state index < -0.39 is 5.91 Å². The molecule has 0 spiro atoms. The smallest absolute Gasteiger partial charge is 0.254 e. The number of nitrogens with two attached hydrogens (primary N) is 2. The van der Waals surface area contributed by atoms with Gasteiger partial charge in [0.05, 0.1) is 11.0 Å². The summed E-state index contributed by atoms with van der Waals surface area (Å²) in [5.41, 5.74) is 14.1. The minimum Gasteiger partial charge on any atom is -0.365 e. The molecule has 0 unspecified atom stereocenters. The Labute approximate surface area is 162 Å². The highest BCUT2D eigenvalue weighted by Crippen LogP contribution is 2.24. The fraction of sp³-hybridized carbons (Fsp3) is 0.316. The van der Waals surface area contributed by atoms with E-state index in [1.165, 1.54) is 6.20 Å². The molecule has 1 aliphatic carbocycles. The Morgan fingerprint density at radius 3 is 2.64 bits per heavy atom. The van der Waals surface area contributed by atoms with Crippen LogP contribution in [0.5, 0.6) is 0 Å². The maximum atomic E-state index is 11.8. The highest BCUT2D eigenvalue weighted by atomic mass is 16.1. The lowest BCUT2D eigenvalue weighted by atomic mass is 9.91. The van der Waals surface area contributed by atoms with Crippen molar-refractivity contribution in [2.75, 3.05) is 10.6 Å². The van der Waals surface area contributed by atoms with E-state index in [-0.39, 0.29) is 17.6 Å². The first-order valence-corrected chi connectivity index (χ1v) is 9.27. The first-order chi connectivity index (χ1) is 13.6. The maximum Gasteiger partial charge on any atom is 0.254 e. The van der Waals surface area contributed by atoms with Crippen molar-refractivity contribution in [2.45, 2.75) is 37.8 Å². The minimum absolute atomic E-state index is 0.0589. The molecule has 28 heavy (non-hydrogen) atoms. The van der Waals surface area contributed by atoms with Gasteiger partial charge < -0.3 is 22.1 Å². The van der Waals surface area contributed by atoms with Crippen LogP contribution in [0.1, 0.15) is 36.0 Å². The molecular weight excluding hydrogens is 356 g/mol. The van der Waals surface area contributed by atoms with Gasteiger partial charge in [0, 0.05) is 36.4 Å². The van der Waals surface area contributed by atoms with Crippen LogP contribution in [0.3, 0.4) is 0 Å². The Balaban J connectivity index is 1.62. The number of fused-ring (bicyclic) bond motifs is 1. The van der Waals surface area contributed by atoms with E-state index in [9.17, 15) is 4.79 Å². The van der Waals surface area contributed by atoms with Gasteiger partial charge in [-0.05, 0) is 31.0 Å². The molecule has 9 nitrogen and oxygen atoms in total. The second-order valence-corrected chi connectivity index (χ2v) is 6.90. The highest BCUT2D eigenvalue weighted by molar-refractivity contribution is 5.98. The number of primary amides is 1. The molecule has 1 saturated carbocycles. The van der Waals surface area contributed by atoms with Crippen molar-refractivity contribution in [3.05, 3.63) is 42.4 Å². The van der Waals surface area contributed by atoms with Crippen molar-refractivity contribution >= 4 is 34.4 Å². The average Bonchev–Trinajstić information content (AvgIpc) is 2.70. The third kappa shape index (κ3) is 3.84. The molecule has 4 rings (SSSR count). The van der Waals surface area contributed by atoms with Crippen LogP contribution in [0.2, 0.25) is 0 Å². The fourth-order valence-corrected chi connectivity index (χ4v) is 3.41. The van der Waals surface area contributed by atoms with Gasteiger partial charge in [-0.15, -0.1) is 0 Å². The average molecular weight is 378 g/mol. The Morgan fingerprint density at radius 1 is 1.07 bits per heavy atom. The van der Waals surface area contributed by atoms with Gasteiger partial charge in [0.1, 0.15) is 11.4 Å². The number of carbonyl (C=O) groups is 1. The van der Waals surface area contributed by atoms with Gasteiger partial charge in [-0.1, -0.05) is 12.8 Å². The van der Waals surface area contributed by atoms with Crippen LogP contribution < -0.4 is 22.1 Å². The van der Waals surface area contributed by atoms with Gasteiger partial charge in [-0.25, -0.2) is 4.98 Å². The molecule has 144 valence electrons. The quantitative estimate of drug-likeness (QED) is 0.527. The molecule has 3 aromatic rings. The number of nitrogens with one attached hydrogen (secondary N) is 2. The second-order valence-electron chi connectivity index (χ2n) is 6.90. The summed E-state index contributed by atoms with van der Waals surface area (Å²) in [6.45, 7) is 0. The summed E-state index contributed by atoms with van der Waals surface area (Å²) in [6.07, 6.45) is 8.89. The summed E-state index contributed by atoms with van der Waals surface area (Å²) < 4.78 is 0. The summed E-state index contributed by atoms with van der Waals surface area (Å²) in [5, 5.41) is 6.43. The number of hydrogen-bond acceptors (Lipinski definition) is 8. The molecule has 6 N–H and O–H groups in total. The zero-order chi connectivity index (χ0) is 19.5. The largest absolute Gasteiger partial charge is 0.365 e. The first-order valence-electron chi connectivity index (χ1n) is 9.27. The highest BCUT2D eigenvalue weighted by Gasteiger charge is 2.23. The topological polar surface area (TPSA) is 145 Å². The van der Waals surface area contributed by atoms with Crippen molar-refractivity contribution in [3.8, 4) is 0 Å². The third-order valence-corrected chi connectivity index (χ3v) is 4.92. The van der Waals surface area contributed by atoms with Crippen molar-refractivity contribution < 1.29 is 4.79 Å². The molecule has 2 aromatic heterocycles. The molecule has 1 aromatic carbocycles. The van der Waals surface area contributed by atoms with Gasteiger partial charge in [-0.3, -0.25) is 14.8 Å². The lowest BCUT2D eigenvalue weighted by Crippen LogP contribution is -2.43. The number of carbonyl (C=O) groups excluding carboxylic acids is 1. The van der Waals surface area contributed by atoms with E-state index >= 15 is 0 Å². The summed E-state index contributed by atoms with van der Waals surface area (Å²) in [6, 6.07) is 5.68. The molecule has 0 saturated heterocycles. The van der Waals surface area contributed by atoms with Crippen LogP contribution in [0, 0.1) is 0 Å². The monoisotopic (exact) mass is 378 g/mol. The molecule has 0 radical (unpaired) electrons. The van der Waals surface area contributed by atoms with E-state index in [1.54, 1.807) is 12.4 Å². The maximum absolute atomic E-state index is 11.8. The number of nitrogens with zero attached hydrogens (tertiary/aromatic N) is 4. The van der Waals surface area contributed by atoms with Crippen molar-refractivity contribution in [3.63, 3.8) is 0 Å². The summed E-state index contributed by atoms with van der Waals surface area (Å²) >= 11 is 0. The lowest BCUT2D eigenvalue weighted by Gasteiger charge is -2.29. The molecule has 0 aliphatic heterocycles. The van der Waals surface area contributed by atoms with Gasteiger partial charge in [-0.2, -0.15) is 4.98 Å². The van der Waals surface area contributed by atoms with Crippen molar-refractivity contribution in [1.29, 1.82) is 0 Å². The van der Waals surface area contributed by atoms with E-state index in [4.69, 9.17) is 11.5 Å². The van der Waals surface area contributed by atoms with Crippen LogP contribution in [-0.4, -0.2) is 37.9 Å². The Bertz CT molecular complexity index is 1010. The number of hydrogen-bond donors (Lipinski definition) is 4. The third-order valence-electron chi connectivity index (χ3n) is 4.92. The van der Waals surface area contributed by atoms with Crippen LogP contribution in [0.4, 0.5) is 17.5 Å². The lowest BCUT2D eigenvalue weighted by molar-refractivity contribution is 0.100. The SMILES string of the molecule is NC(=O)c1cnc(N[C@@H]2CCCC[C@@H]2N)nc1Nc1ccc2nccnc2c1. The molecule has 1 aliphatic rings. The van der Waals surface area contributed by atoms with Gasteiger partial charge in [0.15, 0.2) is 0 Å². The predicted molar refractivity (Wildman–Crippen MR) is 107 cm³/mol. The number of aromatic nitrogens is 4. The van der Waals surface area contributed by atoms with Crippen molar-refractivity contribution in [1.82, 2.24) is 19.9 Å². The molecular formula is C19H22N8O. The molecule has 2 atom stereocenters. The standard InChI is InChI=1S/C19H22N8O/c20-13-3-1-2-4-14(13)26-19-24-10-12(17(21)28)18(27-19)25-11-5-6-15-16(9-11)23-8-7-22-15/h5-10,13-14H,1-4,20H2,(H2,21,28)(H2,24,25,26,27)/t13-,14+/m0/s1. The summed E-state index contributed by atoms with van der Waals surface area (Å²) in [5.74, 6) is 0.136. The van der Waals surface area contributed by atoms with Crippen LogP contribution >= 0.6 is 0 Å². The molecule has 1 amide bonds. The Morgan fingerprint density at radius 2 is 1.86 bits per heavy atom. The Kier molecular flexibility index (Phi) is 4.98. The zero-order valence-electron chi connectivity index (χ0n) is 15.3. The Hall–Kier alpha value is -3.33. The predicted octanol–water partition coefficient (Wildman–Crippen LogP) is 1.94. The van der Waals surface area contributed by atoms with E-state index in [0.717, 1.165) is 42.4 Å². The number of amides is 1. The van der Waals surface area contributed by atoms with Gasteiger partial charge in [0.25, 0.3) is 5.91 Å². The fourth-order valence-electron chi connectivity index (χ4n) is 3.41. The second kappa shape index (κ2) is 7.73. The summed E-state index contributed by atoms with van der Waals surface area (Å²) in [4.78, 5) is 29.1. The van der Waals surface area contributed by atoms with Gasteiger partial charge >= 0.3 is 0 Å². The zero-order valence-corrected chi connectivity index (χ0v) is 15.3. The summed E-state index contributed by atoms with van der Waals surface area (Å²) in [7, 11) is 0. The van der Waals surface area contributed by atoms with E-state index in [1.807, 2.05) is 18.2 Å². The molecule has 1 fully saturated rings. The minimum atomic E-state index is -0.607. The van der Waals surface area contributed by atoms with Crippen LogP contribution in [0.25, 0.3) is 11.0 Å². The van der Waals surface area contributed by atoms with Crippen LogP contribution in [-0.2, 0) is 0 Å². The van der Waals surface area contributed by atoms with E-state index in [2.05, 4.69) is 30.6 Å². The van der Waals surface area contributed by atoms with Crippen LogP contribution in [0.15, 0.2) is 36.8 Å². The molecule has 2 heterocycles. The molecule has 9 heteroatoms. The molecule has 0 bridgehead atoms. The van der Waals surface area contributed by atoms with Gasteiger partial charge in [0.2, 0.25) is 5.95 Å². The number of rotatable bonds is 5. The number of benzene rings is 1. The number of anilines is 3.